The Morgan fingerprint density at radius 1 is 1.14 bits per heavy atom. The van der Waals surface area contributed by atoms with Crippen LogP contribution in [0.3, 0.4) is 0 Å². The van der Waals surface area contributed by atoms with E-state index in [0.29, 0.717) is 5.56 Å². The van der Waals surface area contributed by atoms with E-state index in [2.05, 4.69) is 40.3 Å². The third-order valence-corrected chi connectivity index (χ3v) is 4.32. The lowest BCUT2D eigenvalue weighted by atomic mass is 10.1. The molecule has 2 nitrogen and oxygen atoms in total. The van der Waals surface area contributed by atoms with E-state index in [4.69, 9.17) is 0 Å². The summed E-state index contributed by atoms with van der Waals surface area (Å²) in [5.74, 6) is -0.0861. The van der Waals surface area contributed by atoms with E-state index in [1.165, 1.54) is 18.4 Å². The summed E-state index contributed by atoms with van der Waals surface area (Å²) in [5, 5.41) is 2.93. The van der Waals surface area contributed by atoms with Crippen molar-refractivity contribution in [3.8, 4) is 0 Å². The molecule has 0 fully saturated rings. The molecule has 0 aliphatic rings. The van der Waals surface area contributed by atoms with Crippen LogP contribution in [-0.2, 0) is 6.42 Å². The number of unbranched alkanes of at least 4 members (excludes halogenated alkanes) is 1. The van der Waals surface area contributed by atoms with E-state index in [9.17, 15) is 4.79 Å². The summed E-state index contributed by atoms with van der Waals surface area (Å²) >= 11 is 3.45. The lowest BCUT2D eigenvalue weighted by Crippen LogP contribution is -2.11. The van der Waals surface area contributed by atoms with Crippen molar-refractivity contribution in [3.05, 3.63) is 63.6 Å². The quantitative estimate of drug-likeness (QED) is 0.777. The number of amides is 1. The third kappa shape index (κ3) is 4.43. The molecule has 0 aromatic heterocycles. The van der Waals surface area contributed by atoms with Gasteiger partial charge in [0, 0.05) is 15.7 Å². The monoisotopic (exact) mass is 345 g/mol. The maximum atomic E-state index is 12.2. The van der Waals surface area contributed by atoms with Crippen molar-refractivity contribution in [1.29, 1.82) is 0 Å². The third-order valence-electron chi connectivity index (χ3n) is 3.46. The second kappa shape index (κ2) is 7.41. The van der Waals surface area contributed by atoms with Crippen molar-refractivity contribution < 1.29 is 4.79 Å². The largest absolute Gasteiger partial charge is 0.322 e. The van der Waals surface area contributed by atoms with Crippen LogP contribution < -0.4 is 5.32 Å². The van der Waals surface area contributed by atoms with Gasteiger partial charge in [-0.15, -0.1) is 0 Å². The molecule has 1 N–H and O–H groups in total. The molecule has 0 aliphatic heterocycles. The molecule has 2 aromatic carbocycles. The summed E-state index contributed by atoms with van der Waals surface area (Å²) in [7, 11) is 0. The van der Waals surface area contributed by atoms with Crippen molar-refractivity contribution in [1.82, 2.24) is 0 Å². The van der Waals surface area contributed by atoms with Gasteiger partial charge in [-0.05, 0) is 55.2 Å². The fourth-order valence-electron chi connectivity index (χ4n) is 2.07. The van der Waals surface area contributed by atoms with Gasteiger partial charge in [0.25, 0.3) is 5.91 Å². The molecule has 0 saturated heterocycles. The fourth-order valence-corrected chi connectivity index (χ4v) is 2.45. The highest BCUT2D eigenvalue weighted by atomic mass is 79.9. The van der Waals surface area contributed by atoms with Crippen LogP contribution in [0.25, 0.3) is 0 Å². The van der Waals surface area contributed by atoms with Crippen LogP contribution in [-0.4, -0.2) is 5.91 Å². The Kier molecular flexibility index (Phi) is 5.57. The minimum Gasteiger partial charge on any atom is -0.322 e. The average Bonchev–Trinajstić information content (AvgIpc) is 2.49. The Bertz CT molecular complexity index is 620. The van der Waals surface area contributed by atoms with Gasteiger partial charge in [0.05, 0.1) is 0 Å². The molecule has 21 heavy (non-hydrogen) atoms. The number of carbonyl (C=O) groups excluding carboxylic acids is 1. The summed E-state index contributed by atoms with van der Waals surface area (Å²) in [6.45, 7) is 4.19. The summed E-state index contributed by atoms with van der Waals surface area (Å²) in [5.41, 5.74) is 3.92. The SMILES string of the molecule is CCCCc1ccc(NC(=O)c2ccc(C)c(Br)c2)cc1. The summed E-state index contributed by atoms with van der Waals surface area (Å²) in [6, 6.07) is 13.7. The van der Waals surface area contributed by atoms with Crippen LogP contribution in [0.1, 0.15) is 41.3 Å². The normalized spacial score (nSPS) is 10.4. The van der Waals surface area contributed by atoms with Crippen molar-refractivity contribution in [2.75, 3.05) is 5.32 Å². The zero-order chi connectivity index (χ0) is 15.2. The Morgan fingerprint density at radius 3 is 2.48 bits per heavy atom. The first-order valence-electron chi connectivity index (χ1n) is 7.26. The van der Waals surface area contributed by atoms with Crippen molar-refractivity contribution >= 4 is 27.5 Å². The lowest BCUT2D eigenvalue weighted by molar-refractivity contribution is 0.102. The second-order valence-electron chi connectivity index (χ2n) is 5.22. The predicted octanol–water partition coefficient (Wildman–Crippen LogP) is 5.35. The smallest absolute Gasteiger partial charge is 0.255 e. The number of hydrogen-bond acceptors (Lipinski definition) is 1. The van der Waals surface area contributed by atoms with Crippen LogP contribution in [0.5, 0.6) is 0 Å². The van der Waals surface area contributed by atoms with E-state index >= 15 is 0 Å². The first-order valence-corrected chi connectivity index (χ1v) is 8.06. The minimum atomic E-state index is -0.0861. The molecule has 0 bridgehead atoms. The van der Waals surface area contributed by atoms with Gasteiger partial charge < -0.3 is 5.32 Å². The van der Waals surface area contributed by atoms with Gasteiger partial charge in [-0.1, -0.05) is 47.5 Å². The molecule has 1 amide bonds. The van der Waals surface area contributed by atoms with Crippen molar-refractivity contribution in [2.45, 2.75) is 33.1 Å². The molecule has 110 valence electrons. The second-order valence-corrected chi connectivity index (χ2v) is 6.07. The van der Waals surface area contributed by atoms with Crippen LogP contribution in [0.4, 0.5) is 5.69 Å². The molecule has 0 spiro atoms. The van der Waals surface area contributed by atoms with E-state index in [1.54, 1.807) is 0 Å². The van der Waals surface area contributed by atoms with Gasteiger partial charge in [-0.2, -0.15) is 0 Å². The molecule has 0 radical (unpaired) electrons. The van der Waals surface area contributed by atoms with Crippen LogP contribution in [0.15, 0.2) is 46.9 Å². The lowest BCUT2D eigenvalue weighted by Gasteiger charge is -2.08. The Hall–Kier alpha value is -1.61. The number of nitrogens with one attached hydrogen (secondary N) is 1. The Balaban J connectivity index is 2.03. The van der Waals surface area contributed by atoms with Crippen molar-refractivity contribution in [2.24, 2.45) is 0 Å². The Morgan fingerprint density at radius 2 is 1.86 bits per heavy atom. The highest BCUT2D eigenvalue weighted by Crippen LogP contribution is 2.19. The van der Waals surface area contributed by atoms with Gasteiger partial charge in [0.15, 0.2) is 0 Å². The van der Waals surface area contributed by atoms with E-state index < -0.39 is 0 Å². The minimum absolute atomic E-state index is 0.0861. The molecule has 0 unspecified atom stereocenters. The number of anilines is 1. The van der Waals surface area contributed by atoms with Gasteiger partial charge in [0.1, 0.15) is 0 Å². The van der Waals surface area contributed by atoms with Gasteiger partial charge >= 0.3 is 0 Å². The number of halogens is 1. The summed E-state index contributed by atoms with van der Waals surface area (Å²) in [6.07, 6.45) is 3.49. The molecule has 0 aliphatic carbocycles. The van der Waals surface area contributed by atoms with E-state index in [0.717, 1.165) is 22.1 Å². The number of rotatable bonds is 5. The zero-order valence-electron chi connectivity index (χ0n) is 12.4. The standard InChI is InChI=1S/C18H20BrNO/c1-3-4-5-14-7-10-16(11-8-14)20-18(21)15-9-6-13(2)17(19)12-15/h6-12H,3-5H2,1-2H3,(H,20,21). The summed E-state index contributed by atoms with van der Waals surface area (Å²) in [4.78, 5) is 12.2. The topological polar surface area (TPSA) is 29.1 Å². The van der Waals surface area contributed by atoms with Gasteiger partial charge in [-0.25, -0.2) is 0 Å². The van der Waals surface area contributed by atoms with Crippen molar-refractivity contribution in [3.63, 3.8) is 0 Å². The zero-order valence-corrected chi connectivity index (χ0v) is 14.0. The first kappa shape index (κ1) is 15.8. The molecular formula is C18H20BrNO. The maximum Gasteiger partial charge on any atom is 0.255 e. The molecular weight excluding hydrogens is 326 g/mol. The molecule has 3 heteroatoms. The van der Waals surface area contributed by atoms with E-state index in [1.807, 2.05) is 37.3 Å². The molecule has 0 saturated carbocycles. The molecule has 2 aromatic rings. The number of benzene rings is 2. The average molecular weight is 346 g/mol. The van der Waals surface area contributed by atoms with Gasteiger partial charge in [0.2, 0.25) is 0 Å². The fraction of sp³-hybridized carbons (Fsp3) is 0.278. The number of carbonyl (C=O) groups is 1. The Labute approximate surface area is 134 Å². The predicted molar refractivity (Wildman–Crippen MR) is 91.9 cm³/mol. The molecule has 0 atom stereocenters. The number of hydrogen-bond donors (Lipinski definition) is 1. The maximum absolute atomic E-state index is 12.2. The van der Waals surface area contributed by atoms with Crippen LogP contribution >= 0.6 is 15.9 Å². The molecule has 0 heterocycles. The van der Waals surface area contributed by atoms with Crippen LogP contribution in [0, 0.1) is 6.92 Å². The molecule has 2 rings (SSSR count). The highest BCUT2D eigenvalue weighted by molar-refractivity contribution is 9.10. The summed E-state index contributed by atoms with van der Waals surface area (Å²) < 4.78 is 0.949. The number of aryl methyl sites for hydroxylation is 2. The van der Waals surface area contributed by atoms with Gasteiger partial charge in [-0.3, -0.25) is 4.79 Å². The highest BCUT2D eigenvalue weighted by Gasteiger charge is 2.07. The first-order chi connectivity index (χ1) is 10.1. The van der Waals surface area contributed by atoms with Crippen LogP contribution in [0.2, 0.25) is 0 Å². The van der Waals surface area contributed by atoms with E-state index in [-0.39, 0.29) is 5.91 Å².